The van der Waals surface area contributed by atoms with Gasteiger partial charge in [-0.15, -0.1) is 0 Å². The van der Waals surface area contributed by atoms with E-state index in [1.807, 2.05) is 0 Å². The van der Waals surface area contributed by atoms with Gasteiger partial charge in [-0.1, -0.05) is 0 Å². The Kier molecular flexibility index (Phi) is 6.76. The first kappa shape index (κ1) is 18.0. The summed E-state index contributed by atoms with van der Waals surface area (Å²) in [7, 11) is -3.18. The lowest BCUT2D eigenvalue weighted by Crippen LogP contribution is -2.30. The molecule has 2 aromatic heterocycles. The molecule has 0 aliphatic carbocycles. The molecule has 0 saturated carbocycles. The fourth-order valence-corrected chi connectivity index (χ4v) is 1.74. The van der Waals surface area contributed by atoms with Gasteiger partial charge >= 0.3 is 14.2 Å². The molecule has 0 bridgehead atoms. The number of rotatable bonds is 8. The Morgan fingerprint density at radius 3 is 1.54 bits per heavy atom. The maximum absolute atomic E-state index is 9.04. The van der Waals surface area contributed by atoms with E-state index in [1.165, 1.54) is 36.9 Å². The minimum absolute atomic E-state index is 0.248. The minimum atomic E-state index is -1.59. The zero-order valence-electron chi connectivity index (χ0n) is 12.7. The van der Waals surface area contributed by atoms with Crippen LogP contribution in [-0.4, -0.2) is 57.5 Å². The van der Waals surface area contributed by atoms with Crippen LogP contribution in [0.2, 0.25) is 0 Å². The topological polar surface area (TPSA) is 125 Å². The molecular formula is C14H16B2N2O6. The van der Waals surface area contributed by atoms with Crippen LogP contribution in [0.5, 0.6) is 11.5 Å². The predicted molar refractivity (Wildman–Crippen MR) is 88.3 cm³/mol. The molecule has 0 spiro atoms. The van der Waals surface area contributed by atoms with Gasteiger partial charge in [-0.05, 0) is 24.3 Å². The summed E-state index contributed by atoms with van der Waals surface area (Å²) in [4.78, 5) is 7.68. The Balaban J connectivity index is 1.75. The number of ether oxygens (including phenoxy) is 2. The van der Waals surface area contributed by atoms with Crippen molar-refractivity contribution in [3.63, 3.8) is 0 Å². The molecular weight excluding hydrogens is 314 g/mol. The van der Waals surface area contributed by atoms with Gasteiger partial charge < -0.3 is 29.6 Å². The lowest BCUT2D eigenvalue weighted by Gasteiger charge is -2.06. The zero-order chi connectivity index (χ0) is 17.4. The van der Waals surface area contributed by atoms with Gasteiger partial charge in [0.1, 0.15) is 24.7 Å². The van der Waals surface area contributed by atoms with Crippen LogP contribution in [0.25, 0.3) is 0 Å². The van der Waals surface area contributed by atoms with Crippen molar-refractivity contribution in [3.05, 3.63) is 49.1 Å². The number of aromatic nitrogens is 2. The van der Waals surface area contributed by atoms with Crippen molar-refractivity contribution in [1.82, 2.24) is 9.97 Å². The molecule has 10 heteroatoms. The number of hydrogen-bond acceptors (Lipinski definition) is 8. The second kappa shape index (κ2) is 9.04. The van der Waals surface area contributed by atoms with Crippen molar-refractivity contribution in [1.29, 1.82) is 0 Å². The molecule has 24 heavy (non-hydrogen) atoms. The average Bonchev–Trinajstić information content (AvgIpc) is 2.58. The third kappa shape index (κ3) is 5.67. The zero-order valence-corrected chi connectivity index (χ0v) is 12.7. The van der Waals surface area contributed by atoms with Crippen LogP contribution in [0.1, 0.15) is 0 Å². The summed E-state index contributed by atoms with van der Waals surface area (Å²) in [5.74, 6) is 0.833. The molecule has 0 atom stereocenters. The van der Waals surface area contributed by atoms with Crippen LogP contribution in [0.3, 0.4) is 0 Å². The molecule has 0 fully saturated rings. The fraction of sp³-hybridized carbons (Fsp3) is 0.143. The van der Waals surface area contributed by atoms with Gasteiger partial charge in [0.05, 0.1) is 12.4 Å². The molecule has 0 aliphatic heterocycles. The van der Waals surface area contributed by atoms with Crippen molar-refractivity contribution in [2.75, 3.05) is 13.2 Å². The second-order valence-electron chi connectivity index (χ2n) is 4.75. The van der Waals surface area contributed by atoms with Gasteiger partial charge in [0.15, 0.2) is 0 Å². The van der Waals surface area contributed by atoms with Crippen LogP contribution in [0, 0.1) is 0 Å². The standard InChI is InChI=1S/C14H16B2N2O6/c19-15(20)11-5-13(9-17-7-11)23-3-1-2-4-24-14-6-12(16(21)22)8-18-10-14/h1-2,5-10,19-22H,3-4H2/b2-1-. The predicted octanol–water partition coefficient (Wildman–Crippen LogP) is -2.15. The van der Waals surface area contributed by atoms with Crippen LogP contribution in [-0.2, 0) is 0 Å². The van der Waals surface area contributed by atoms with E-state index >= 15 is 0 Å². The summed E-state index contributed by atoms with van der Waals surface area (Å²) in [5.41, 5.74) is 0.497. The van der Waals surface area contributed by atoms with E-state index in [0.717, 1.165) is 0 Å². The van der Waals surface area contributed by atoms with E-state index in [0.29, 0.717) is 11.5 Å². The van der Waals surface area contributed by atoms with Crippen LogP contribution >= 0.6 is 0 Å². The molecule has 2 aromatic rings. The molecule has 0 aromatic carbocycles. The molecule has 0 aliphatic rings. The van der Waals surface area contributed by atoms with Crippen molar-refractivity contribution < 1.29 is 29.6 Å². The Hall–Kier alpha value is -2.39. The number of hydrogen-bond donors (Lipinski definition) is 4. The van der Waals surface area contributed by atoms with E-state index in [4.69, 9.17) is 29.6 Å². The quantitative estimate of drug-likeness (QED) is 0.319. The van der Waals surface area contributed by atoms with Gasteiger partial charge in [-0.2, -0.15) is 0 Å². The Morgan fingerprint density at radius 1 is 0.750 bits per heavy atom. The lowest BCUT2D eigenvalue weighted by molar-refractivity contribution is 0.348. The van der Waals surface area contributed by atoms with Crippen molar-refractivity contribution in [3.8, 4) is 11.5 Å². The van der Waals surface area contributed by atoms with Gasteiger partial charge in [0.25, 0.3) is 0 Å². The Labute approximate surface area is 139 Å². The number of pyridine rings is 2. The molecule has 0 unspecified atom stereocenters. The third-order valence-corrected chi connectivity index (χ3v) is 2.92. The monoisotopic (exact) mass is 330 g/mol. The van der Waals surface area contributed by atoms with Crippen molar-refractivity contribution >= 4 is 25.2 Å². The molecule has 0 radical (unpaired) electrons. The summed E-state index contributed by atoms with van der Waals surface area (Å²) in [6.07, 6.45) is 9.06. The number of nitrogens with zero attached hydrogens (tertiary/aromatic N) is 2. The summed E-state index contributed by atoms with van der Waals surface area (Å²) in [6.45, 7) is 0.507. The summed E-state index contributed by atoms with van der Waals surface area (Å²) >= 11 is 0. The minimum Gasteiger partial charge on any atom is -0.488 e. The Bertz CT molecular complexity index is 626. The van der Waals surface area contributed by atoms with E-state index in [-0.39, 0.29) is 24.1 Å². The first-order valence-electron chi connectivity index (χ1n) is 7.09. The first-order valence-corrected chi connectivity index (χ1v) is 7.09. The lowest BCUT2D eigenvalue weighted by atomic mass is 9.82. The highest BCUT2D eigenvalue weighted by atomic mass is 16.5. The van der Waals surface area contributed by atoms with Crippen molar-refractivity contribution in [2.45, 2.75) is 0 Å². The summed E-state index contributed by atoms with van der Waals surface area (Å²) < 4.78 is 10.8. The fourth-order valence-electron chi connectivity index (χ4n) is 1.74. The molecule has 4 N–H and O–H groups in total. The molecule has 124 valence electrons. The smallest absolute Gasteiger partial charge is 0.488 e. The Morgan fingerprint density at radius 2 is 1.17 bits per heavy atom. The van der Waals surface area contributed by atoms with Crippen LogP contribution in [0.4, 0.5) is 0 Å². The van der Waals surface area contributed by atoms with Gasteiger partial charge in [0.2, 0.25) is 0 Å². The maximum Gasteiger partial charge on any atom is 0.490 e. The van der Waals surface area contributed by atoms with Gasteiger partial charge in [-0.25, -0.2) is 0 Å². The molecule has 2 heterocycles. The summed E-state index contributed by atoms with van der Waals surface area (Å²) in [6, 6.07) is 2.97. The van der Waals surface area contributed by atoms with E-state index < -0.39 is 14.2 Å². The second-order valence-corrected chi connectivity index (χ2v) is 4.75. The normalized spacial score (nSPS) is 10.7. The van der Waals surface area contributed by atoms with E-state index in [1.54, 1.807) is 12.2 Å². The summed E-state index contributed by atoms with van der Waals surface area (Å²) in [5, 5.41) is 36.2. The van der Waals surface area contributed by atoms with Crippen LogP contribution in [0.15, 0.2) is 49.1 Å². The molecule has 2 rings (SSSR count). The SMILES string of the molecule is OB(O)c1cncc(OC/C=C\COc2cncc(B(O)O)c2)c1. The van der Waals surface area contributed by atoms with Crippen LogP contribution < -0.4 is 20.4 Å². The highest BCUT2D eigenvalue weighted by Crippen LogP contribution is 2.06. The average molecular weight is 330 g/mol. The molecule has 0 saturated heterocycles. The highest BCUT2D eigenvalue weighted by Gasteiger charge is 2.12. The third-order valence-electron chi connectivity index (χ3n) is 2.92. The van der Waals surface area contributed by atoms with E-state index in [2.05, 4.69) is 9.97 Å². The maximum atomic E-state index is 9.04. The van der Waals surface area contributed by atoms with Crippen molar-refractivity contribution in [2.24, 2.45) is 0 Å². The molecule has 0 amide bonds. The largest absolute Gasteiger partial charge is 0.490 e. The van der Waals surface area contributed by atoms with E-state index in [9.17, 15) is 0 Å². The van der Waals surface area contributed by atoms with Gasteiger partial charge in [0, 0.05) is 23.3 Å². The highest BCUT2D eigenvalue weighted by molar-refractivity contribution is 6.58. The first-order chi connectivity index (χ1) is 11.6. The molecule has 8 nitrogen and oxygen atoms in total. The van der Waals surface area contributed by atoms with Gasteiger partial charge in [-0.3, -0.25) is 9.97 Å².